The number of anilines is 1. The van der Waals surface area contributed by atoms with Crippen LogP contribution in [0.25, 0.3) is 0 Å². The first-order valence-corrected chi connectivity index (χ1v) is 3.57. The first kappa shape index (κ1) is 9.02. The molecular formula is C5H3Cl2N3O2. The second-order valence-corrected chi connectivity index (χ2v) is 2.65. The molecule has 5 nitrogen and oxygen atoms in total. The zero-order valence-electron chi connectivity index (χ0n) is 5.62. The molecule has 0 aliphatic carbocycles. The minimum atomic E-state index is -0.725. The summed E-state index contributed by atoms with van der Waals surface area (Å²) >= 11 is 11.0. The molecule has 0 saturated carbocycles. The third kappa shape index (κ3) is 2.21. The van der Waals surface area contributed by atoms with Crippen molar-refractivity contribution in [3.05, 3.63) is 32.6 Å². The van der Waals surface area contributed by atoms with Crippen LogP contribution in [0.1, 0.15) is 0 Å². The van der Waals surface area contributed by atoms with E-state index in [0.717, 1.165) is 0 Å². The van der Waals surface area contributed by atoms with Gasteiger partial charge in [-0.1, -0.05) is 23.2 Å². The van der Waals surface area contributed by atoms with Gasteiger partial charge in [0.2, 0.25) is 0 Å². The van der Waals surface area contributed by atoms with Crippen LogP contribution < -0.4 is 5.43 Å². The molecule has 0 spiro atoms. The molecule has 0 unspecified atom stereocenters. The molecule has 1 N–H and O–H groups in total. The van der Waals surface area contributed by atoms with Gasteiger partial charge < -0.3 is 0 Å². The van der Waals surface area contributed by atoms with E-state index in [1.165, 1.54) is 12.3 Å². The highest BCUT2D eigenvalue weighted by Gasteiger charge is 2.05. The lowest BCUT2D eigenvalue weighted by atomic mass is 10.4. The Morgan fingerprint density at radius 2 is 2.25 bits per heavy atom. The third-order valence-electron chi connectivity index (χ3n) is 1.03. The van der Waals surface area contributed by atoms with Crippen molar-refractivity contribution in [2.75, 3.05) is 5.43 Å². The standard InChI is InChI=1S/C5H3Cl2N3O2/c6-3-2-8-5(7)1-4(3)9-10(11)12/h1-2H,(H,8,9). The van der Waals surface area contributed by atoms with E-state index in [9.17, 15) is 10.1 Å². The maximum Gasteiger partial charge on any atom is 0.162 e. The topological polar surface area (TPSA) is 68.1 Å². The Bertz CT molecular complexity index is 318. The van der Waals surface area contributed by atoms with Crippen LogP contribution in [0.15, 0.2) is 12.3 Å². The van der Waals surface area contributed by atoms with Gasteiger partial charge in [-0.2, -0.15) is 0 Å². The van der Waals surface area contributed by atoms with Gasteiger partial charge in [-0.3, -0.25) is 0 Å². The summed E-state index contributed by atoms with van der Waals surface area (Å²) in [4.78, 5) is 13.6. The average molecular weight is 208 g/mol. The maximum absolute atomic E-state index is 10.0. The van der Waals surface area contributed by atoms with E-state index in [0.29, 0.717) is 0 Å². The molecule has 0 radical (unpaired) electrons. The van der Waals surface area contributed by atoms with Gasteiger partial charge in [0.05, 0.1) is 5.02 Å². The monoisotopic (exact) mass is 207 g/mol. The molecule has 0 aliphatic rings. The number of nitrogens with one attached hydrogen (secondary N) is 1. The van der Waals surface area contributed by atoms with Gasteiger partial charge in [0.25, 0.3) is 0 Å². The summed E-state index contributed by atoms with van der Waals surface area (Å²) in [5.74, 6) is 0. The predicted molar refractivity (Wildman–Crippen MR) is 44.9 cm³/mol. The zero-order valence-corrected chi connectivity index (χ0v) is 7.13. The van der Waals surface area contributed by atoms with Gasteiger partial charge in [-0.05, 0) is 0 Å². The van der Waals surface area contributed by atoms with Crippen molar-refractivity contribution in [2.45, 2.75) is 0 Å². The number of hydrogen-bond acceptors (Lipinski definition) is 3. The molecule has 7 heteroatoms. The average Bonchev–Trinajstić information content (AvgIpc) is 1.96. The van der Waals surface area contributed by atoms with Crippen LogP contribution in [0, 0.1) is 10.1 Å². The van der Waals surface area contributed by atoms with E-state index in [2.05, 4.69) is 4.98 Å². The number of pyridine rings is 1. The van der Waals surface area contributed by atoms with E-state index in [4.69, 9.17) is 23.2 Å². The van der Waals surface area contributed by atoms with Crippen molar-refractivity contribution in [1.29, 1.82) is 0 Å². The number of aromatic nitrogens is 1. The first-order chi connectivity index (χ1) is 5.59. The summed E-state index contributed by atoms with van der Waals surface area (Å²) in [6, 6.07) is 1.27. The van der Waals surface area contributed by atoms with Crippen LogP contribution in [0.5, 0.6) is 0 Å². The highest BCUT2D eigenvalue weighted by Crippen LogP contribution is 2.22. The number of hydrogen-bond donors (Lipinski definition) is 1. The largest absolute Gasteiger partial charge is 0.243 e. The minimum absolute atomic E-state index is 0.127. The molecule has 0 fully saturated rings. The normalized spacial score (nSPS) is 9.50. The zero-order chi connectivity index (χ0) is 9.14. The van der Waals surface area contributed by atoms with Gasteiger partial charge in [-0.15, -0.1) is 5.43 Å². The van der Waals surface area contributed by atoms with Crippen LogP contribution in [0.3, 0.4) is 0 Å². The molecule has 1 aromatic rings. The Kier molecular flexibility index (Phi) is 2.67. The molecule has 64 valence electrons. The van der Waals surface area contributed by atoms with E-state index >= 15 is 0 Å². The number of halogens is 2. The maximum atomic E-state index is 10.0. The van der Waals surface area contributed by atoms with Crippen molar-refractivity contribution >= 4 is 28.9 Å². The lowest BCUT2D eigenvalue weighted by molar-refractivity contribution is -0.445. The van der Waals surface area contributed by atoms with Crippen LogP contribution in [0.2, 0.25) is 10.2 Å². The molecule has 0 aliphatic heterocycles. The van der Waals surface area contributed by atoms with E-state index in [1.54, 1.807) is 0 Å². The number of hydrazine groups is 1. The van der Waals surface area contributed by atoms with E-state index in [1.807, 2.05) is 5.43 Å². The van der Waals surface area contributed by atoms with E-state index < -0.39 is 5.03 Å². The first-order valence-electron chi connectivity index (χ1n) is 2.81. The summed E-state index contributed by atoms with van der Waals surface area (Å²) < 4.78 is 0. The van der Waals surface area contributed by atoms with Gasteiger partial charge >= 0.3 is 0 Å². The van der Waals surface area contributed by atoms with Crippen molar-refractivity contribution in [3.8, 4) is 0 Å². The van der Waals surface area contributed by atoms with Crippen LogP contribution in [0.4, 0.5) is 5.69 Å². The molecule has 0 saturated heterocycles. The van der Waals surface area contributed by atoms with Crippen LogP contribution >= 0.6 is 23.2 Å². The second-order valence-electron chi connectivity index (χ2n) is 1.86. The van der Waals surface area contributed by atoms with Crippen LogP contribution in [-0.2, 0) is 0 Å². The summed E-state index contributed by atoms with van der Waals surface area (Å²) in [6.07, 6.45) is 1.23. The summed E-state index contributed by atoms with van der Waals surface area (Å²) in [5.41, 5.74) is 2.01. The van der Waals surface area contributed by atoms with E-state index in [-0.39, 0.29) is 15.9 Å². The fourth-order valence-corrected chi connectivity index (χ4v) is 0.901. The molecule has 1 rings (SSSR count). The molecular weight excluding hydrogens is 205 g/mol. The molecule has 1 aromatic heterocycles. The molecule has 0 bridgehead atoms. The minimum Gasteiger partial charge on any atom is -0.243 e. The summed E-state index contributed by atoms with van der Waals surface area (Å²) in [6.45, 7) is 0. The lowest BCUT2D eigenvalue weighted by Crippen LogP contribution is -2.08. The Morgan fingerprint density at radius 1 is 1.58 bits per heavy atom. The smallest absolute Gasteiger partial charge is 0.162 e. The fourth-order valence-electron chi connectivity index (χ4n) is 0.597. The Morgan fingerprint density at radius 3 is 2.83 bits per heavy atom. The third-order valence-corrected chi connectivity index (χ3v) is 1.54. The molecule has 12 heavy (non-hydrogen) atoms. The highest BCUT2D eigenvalue weighted by molar-refractivity contribution is 6.34. The predicted octanol–water partition coefficient (Wildman–Crippen LogP) is 1.99. The van der Waals surface area contributed by atoms with Crippen molar-refractivity contribution in [2.24, 2.45) is 0 Å². The Hall–Kier alpha value is -1.07. The SMILES string of the molecule is O=[N+]([O-])Nc1cc(Cl)ncc1Cl. The molecule has 0 aromatic carbocycles. The molecule has 0 atom stereocenters. The van der Waals surface area contributed by atoms with Crippen molar-refractivity contribution in [1.82, 2.24) is 4.98 Å². The number of rotatable bonds is 2. The summed E-state index contributed by atoms with van der Waals surface area (Å²) in [7, 11) is 0. The summed E-state index contributed by atoms with van der Waals surface area (Å²) in [5, 5.41) is 9.57. The van der Waals surface area contributed by atoms with Gasteiger partial charge in [0, 0.05) is 12.3 Å². The fraction of sp³-hybridized carbons (Fsp3) is 0. The van der Waals surface area contributed by atoms with Crippen LogP contribution in [-0.4, -0.2) is 10.0 Å². The van der Waals surface area contributed by atoms with Gasteiger partial charge in [0.1, 0.15) is 10.8 Å². The van der Waals surface area contributed by atoms with Gasteiger partial charge in [-0.25, -0.2) is 15.1 Å². The number of nitrogens with zero attached hydrogens (tertiary/aromatic N) is 2. The lowest BCUT2D eigenvalue weighted by Gasteiger charge is -1.98. The highest BCUT2D eigenvalue weighted by atomic mass is 35.5. The van der Waals surface area contributed by atoms with Crippen molar-refractivity contribution < 1.29 is 5.03 Å². The molecule has 0 amide bonds. The van der Waals surface area contributed by atoms with Crippen molar-refractivity contribution in [3.63, 3.8) is 0 Å². The quantitative estimate of drug-likeness (QED) is 0.458. The van der Waals surface area contributed by atoms with Gasteiger partial charge in [0.15, 0.2) is 5.03 Å². The Balaban J connectivity index is 2.97. The second kappa shape index (κ2) is 3.55. The number of nitro groups is 1. The molecule has 1 heterocycles. The Labute approximate surface area is 77.4 Å².